The Kier molecular flexibility index (Phi) is 5.28. The van der Waals surface area contributed by atoms with Crippen LogP contribution in [0.5, 0.6) is 0 Å². The van der Waals surface area contributed by atoms with Crippen LogP contribution in [0.25, 0.3) is 0 Å². The zero-order chi connectivity index (χ0) is 17.0. The number of nitrogens with zero attached hydrogens (tertiary/aromatic N) is 2. The predicted octanol–water partition coefficient (Wildman–Crippen LogP) is 1.98. The molecule has 128 valence electrons. The first kappa shape index (κ1) is 17.3. The standard InChI is InChI=1S/C16H26N4O3/c1-11-9-17-13(19-11)10-18-14(21)12-5-7-20(8-6-12)15(22)23-16(2,3)4/h9,12H,5-8,10H2,1-4H3,(H,17,19)(H,18,21). The minimum Gasteiger partial charge on any atom is -0.444 e. The Balaban J connectivity index is 1.75. The largest absolute Gasteiger partial charge is 0.444 e. The van der Waals surface area contributed by atoms with Crippen molar-refractivity contribution in [2.24, 2.45) is 5.92 Å². The molecule has 0 unspecified atom stereocenters. The number of aromatic amines is 1. The molecule has 7 nitrogen and oxygen atoms in total. The molecule has 2 heterocycles. The van der Waals surface area contributed by atoms with Crippen LogP contribution in [0.4, 0.5) is 4.79 Å². The number of carbonyl (C=O) groups is 2. The van der Waals surface area contributed by atoms with Gasteiger partial charge in [0.2, 0.25) is 5.91 Å². The summed E-state index contributed by atoms with van der Waals surface area (Å²) in [5, 5.41) is 2.90. The van der Waals surface area contributed by atoms with E-state index in [9.17, 15) is 9.59 Å². The van der Waals surface area contributed by atoms with Crippen molar-refractivity contribution in [3.8, 4) is 0 Å². The minimum absolute atomic E-state index is 0.0166. The molecule has 0 bridgehead atoms. The van der Waals surface area contributed by atoms with Crippen LogP contribution in [0.15, 0.2) is 6.20 Å². The summed E-state index contributed by atoms with van der Waals surface area (Å²) < 4.78 is 5.35. The van der Waals surface area contributed by atoms with Crippen LogP contribution in [0.3, 0.4) is 0 Å². The van der Waals surface area contributed by atoms with Crippen LogP contribution in [0.1, 0.15) is 45.1 Å². The second-order valence-electron chi connectivity index (χ2n) is 6.97. The Morgan fingerprint density at radius 1 is 1.39 bits per heavy atom. The Morgan fingerprint density at radius 3 is 2.57 bits per heavy atom. The van der Waals surface area contributed by atoms with Gasteiger partial charge in [0.25, 0.3) is 0 Å². The summed E-state index contributed by atoms with van der Waals surface area (Å²) in [5.74, 6) is 0.703. The number of likely N-dealkylation sites (tertiary alicyclic amines) is 1. The highest BCUT2D eigenvalue weighted by molar-refractivity contribution is 5.79. The minimum atomic E-state index is -0.494. The number of hydrogen-bond acceptors (Lipinski definition) is 4. The highest BCUT2D eigenvalue weighted by Gasteiger charge is 2.29. The van der Waals surface area contributed by atoms with Gasteiger partial charge in [-0.05, 0) is 40.5 Å². The highest BCUT2D eigenvalue weighted by atomic mass is 16.6. The fourth-order valence-corrected chi connectivity index (χ4v) is 2.52. The topological polar surface area (TPSA) is 87.3 Å². The molecule has 1 aromatic rings. The lowest BCUT2D eigenvalue weighted by Crippen LogP contribution is -2.44. The van der Waals surface area contributed by atoms with Crippen LogP contribution in [0.2, 0.25) is 0 Å². The van der Waals surface area contributed by atoms with Crippen LogP contribution in [-0.4, -0.2) is 45.6 Å². The normalized spacial score (nSPS) is 16.3. The van der Waals surface area contributed by atoms with Gasteiger partial charge in [-0.3, -0.25) is 4.79 Å². The molecule has 1 aromatic heterocycles. The van der Waals surface area contributed by atoms with Crippen molar-refractivity contribution in [3.05, 3.63) is 17.7 Å². The molecule has 0 aromatic carbocycles. The quantitative estimate of drug-likeness (QED) is 0.891. The highest BCUT2D eigenvalue weighted by Crippen LogP contribution is 2.20. The number of hydrogen-bond donors (Lipinski definition) is 2. The molecule has 1 aliphatic heterocycles. The van der Waals surface area contributed by atoms with Crippen LogP contribution in [-0.2, 0) is 16.1 Å². The lowest BCUT2D eigenvalue weighted by atomic mass is 9.96. The molecule has 1 fully saturated rings. The Morgan fingerprint density at radius 2 is 2.04 bits per heavy atom. The van der Waals surface area contributed by atoms with Crippen molar-refractivity contribution in [3.63, 3.8) is 0 Å². The lowest BCUT2D eigenvalue weighted by Gasteiger charge is -2.32. The maximum atomic E-state index is 12.2. The predicted molar refractivity (Wildman–Crippen MR) is 85.7 cm³/mol. The third kappa shape index (κ3) is 5.26. The maximum Gasteiger partial charge on any atom is 0.410 e. The van der Waals surface area contributed by atoms with Gasteiger partial charge in [0.05, 0.1) is 6.54 Å². The van der Waals surface area contributed by atoms with Gasteiger partial charge in [-0.25, -0.2) is 9.78 Å². The van der Waals surface area contributed by atoms with E-state index < -0.39 is 5.60 Å². The third-order valence-corrected chi connectivity index (χ3v) is 3.70. The average Bonchev–Trinajstić information content (AvgIpc) is 2.89. The van der Waals surface area contributed by atoms with E-state index in [1.807, 2.05) is 27.7 Å². The first-order valence-corrected chi connectivity index (χ1v) is 8.01. The van der Waals surface area contributed by atoms with Crippen LogP contribution >= 0.6 is 0 Å². The molecular formula is C16H26N4O3. The summed E-state index contributed by atoms with van der Waals surface area (Å²) >= 11 is 0. The zero-order valence-electron chi connectivity index (χ0n) is 14.3. The molecule has 0 aliphatic carbocycles. The number of imidazole rings is 1. The second kappa shape index (κ2) is 7.02. The summed E-state index contributed by atoms with van der Waals surface area (Å²) in [6.07, 6.45) is 2.74. The van der Waals surface area contributed by atoms with Gasteiger partial charge in [-0.1, -0.05) is 0 Å². The van der Waals surface area contributed by atoms with E-state index in [1.165, 1.54) is 0 Å². The van der Waals surface area contributed by atoms with Crippen molar-refractivity contribution in [1.82, 2.24) is 20.2 Å². The molecule has 0 radical (unpaired) electrons. The summed E-state index contributed by atoms with van der Waals surface area (Å²) in [7, 11) is 0. The van der Waals surface area contributed by atoms with Gasteiger partial charge >= 0.3 is 6.09 Å². The lowest BCUT2D eigenvalue weighted by molar-refractivity contribution is -0.126. The number of aromatic nitrogens is 2. The smallest absolute Gasteiger partial charge is 0.410 e. The number of carbonyl (C=O) groups excluding carboxylic acids is 2. The molecule has 1 aliphatic rings. The van der Waals surface area contributed by atoms with E-state index in [4.69, 9.17) is 4.74 Å². The molecule has 2 N–H and O–H groups in total. The third-order valence-electron chi connectivity index (χ3n) is 3.70. The first-order valence-electron chi connectivity index (χ1n) is 8.01. The van der Waals surface area contributed by atoms with E-state index in [0.29, 0.717) is 32.5 Å². The number of ether oxygens (including phenoxy) is 1. The summed E-state index contributed by atoms with van der Waals surface area (Å²) in [6.45, 7) is 8.97. The van der Waals surface area contributed by atoms with E-state index in [-0.39, 0.29) is 17.9 Å². The fourth-order valence-electron chi connectivity index (χ4n) is 2.52. The molecule has 0 atom stereocenters. The number of rotatable bonds is 3. The second-order valence-corrected chi connectivity index (χ2v) is 6.97. The molecule has 23 heavy (non-hydrogen) atoms. The van der Waals surface area contributed by atoms with Crippen molar-refractivity contribution in [2.75, 3.05) is 13.1 Å². The Bertz CT molecular complexity index is 554. The van der Waals surface area contributed by atoms with Crippen LogP contribution in [0, 0.1) is 12.8 Å². The van der Waals surface area contributed by atoms with Gasteiger partial charge in [0.15, 0.2) is 0 Å². The molecule has 0 spiro atoms. The fraction of sp³-hybridized carbons (Fsp3) is 0.688. The first-order chi connectivity index (χ1) is 10.7. The number of nitrogens with one attached hydrogen (secondary N) is 2. The molecule has 2 rings (SSSR count). The van der Waals surface area contributed by atoms with Gasteiger partial charge in [-0.2, -0.15) is 0 Å². The van der Waals surface area contributed by atoms with Gasteiger partial charge < -0.3 is 19.9 Å². The SMILES string of the molecule is Cc1cnc(CNC(=O)C2CCN(C(=O)OC(C)(C)C)CC2)[nH]1. The number of H-pyrrole nitrogens is 1. The van der Waals surface area contributed by atoms with E-state index >= 15 is 0 Å². The molecule has 7 heteroatoms. The Hall–Kier alpha value is -2.05. The zero-order valence-corrected chi connectivity index (χ0v) is 14.3. The van der Waals surface area contributed by atoms with Gasteiger partial charge in [-0.15, -0.1) is 0 Å². The van der Waals surface area contributed by atoms with Crippen molar-refractivity contribution in [2.45, 2.75) is 52.7 Å². The van der Waals surface area contributed by atoms with Crippen LogP contribution < -0.4 is 5.32 Å². The number of aryl methyl sites for hydroxylation is 1. The van der Waals surface area contributed by atoms with Gasteiger partial charge in [0, 0.05) is 30.9 Å². The molecular weight excluding hydrogens is 296 g/mol. The average molecular weight is 322 g/mol. The van der Waals surface area contributed by atoms with E-state index in [1.54, 1.807) is 11.1 Å². The maximum absolute atomic E-state index is 12.2. The Labute approximate surface area is 136 Å². The van der Waals surface area contributed by atoms with Gasteiger partial charge in [0.1, 0.15) is 11.4 Å². The summed E-state index contributed by atoms with van der Waals surface area (Å²) in [4.78, 5) is 33.1. The van der Waals surface area contributed by atoms with Crippen molar-refractivity contribution < 1.29 is 14.3 Å². The number of amides is 2. The van der Waals surface area contributed by atoms with Crippen molar-refractivity contribution in [1.29, 1.82) is 0 Å². The molecule has 1 saturated heterocycles. The number of piperidine rings is 1. The molecule has 2 amide bonds. The van der Waals surface area contributed by atoms with E-state index in [0.717, 1.165) is 11.5 Å². The van der Waals surface area contributed by atoms with Crippen molar-refractivity contribution >= 4 is 12.0 Å². The monoisotopic (exact) mass is 322 g/mol. The summed E-state index contributed by atoms with van der Waals surface area (Å²) in [5.41, 5.74) is 0.479. The summed E-state index contributed by atoms with van der Waals surface area (Å²) in [6, 6.07) is 0. The molecule has 0 saturated carbocycles. The van der Waals surface area contributed by atoms with E-state index in [2.05, 4.69) is 15.3 Å².